The van der Waals surface area contributed by atoms with Gasteiger partial charge in [-0.2, -0.15) is 0 Å². The third kappa shape index (κ3) is 4.74. The van der Waals surface area contributed by atoms with Gasteiger partial charge in [0.2, 0.25) is 0 Å². The topological polar surface area (TPSA) is 76.5 Å². The number of ether oxygens (including phenoxy) is 1. The van der Waals surface area contributed by atoms with E-state index in [2.05, 4.69) is 4.98 Å². The summed E-state index contributed by atoms with van der Waals surface area (Å²) in [4.78, 5) is 26.6. The standard InChI is InChI=1S/C10H13NO4S2/c1-3-15-9(14)5-16-10-11-6(2)7(17-10)4-8(12)13/h3-5H2,1-2H3,(H,12,13). The van der Waals surface area contributed by atoms with E-state index in [-0.39, 0.29) is 18.1 Å². The van der Waals surface area contributed by atoms with Crippen molar-refractivity contribution in [3.8, 4) is 0 Å². The Labute approximate surface area is 107 Å². The Morgan fingerprint density at radius 3 is 2.82 bits per heavy atom. The van der Waals surface area contributed by atoms with Crippen molar-refractivity contribution in [3.05, 3.63) is 10.6 Å². The molecule has 0 aliphatic heterocycles. The zero-order valence-corrected chi connectivity index (χ0v) is 11.2. The van der Waals surface area contributed by atoms with Crippen LogP contribution in [-0.4, -0.2) is 34.4 Å². The van der Waals surface area contributed by atoms with Gasteiger partial charge in [0.05, 0.1) is 24.5 Å². The summed E-state index contributed by atoms with van der Waals surface area (Å²) >= 11 is 2.58. The predicted molar refractivity (Wildman–Crippen MR) is 65.5 cm³/mol. The maximum absolute atomic E-state index is 11.1. The third-order valence-electron chi connectivity index (χ3n) is 1.80. The first-order chi connectivity index (χ1) is 8.02. The van der Waals surface area contributed by atoms with Crippen molar-refractivity contribution in [2.24, 2.45) is 0 Å². The second kappa shape index (κ2) is 6.61. The van der Waals surface area contributed by atoms with Crippen molar-refractivity contribution in [1.82, 2.24) is 4.98 Å². The molecule has 0 amide bonds. The molecule has 0 aromatic carbocycles. The molecular formula is C10H13NO4S2. The molecule has 0 aliphatic rings. The number of aliphatic carboxylic acids is 1. The van der Waals surface area contributed by atoms with Gasteiger partial charge in [-0.15, -0.1) is 11.3 Å². The molecule has 0 bridgehead atoms. The van der Waals surface area contributed by atoms with Gasteiger partial charge in [-0.25, -0.2) is 4.98 Å². The van der Waals surface area contributed by atoms with Crippen LogP contribution in [0.25, 0.3) is 0 Å². The van der Waals surface area contributed by atoms with E-state index in [1.165, 1.54) is 23.1 Å². The second-order valence-electron chi connectivity index (χ2n) is 3.15. The maximum atomic E-state index is 11.1. The number of thioether (sulfide) groups is 1. The molecule has 94 valence electrons. The lowest BCUT2D eigenvalue weighted by Crippen LogP contribution is -2.06. The van der Waals surface area contributed by atoms with Crippen molar-refractivity contribution in [1.29, 1.82) is 0 Å². The molecule has 5 nitrogen and oxygen atoms in total. The number of aryl methyl sites for hydroxylation is 1. The van der Waals surface area contributed by atoms with E-state index in [4.69, 9.17) is 9.84 Å². The average Bonchev–Trinajstić information content (AvgIpc) is 2.56. The maximum Gasteiger partial charge on any atom is 0.316 e. The molecule has 1 rings (SSSR count). The van der Waals surface area contributed by atoms with Gasteiger partial charge in [0.15, 0.2) is 4.34 Å². The van der Waals surface area contributed by atoms with Crippen LogP contribution in [0.5, 0.6) is 0 Å². The molecule has 0 radical (unpaired) electrons. The summed E-state index contributed by atoms with van der Waals surface area (Å²) in [6.07, 6.45) is -0.0243. The molecule has 0 saturated heterocycles. The van der Waals surface area contributed by atoms with Gasteiger partial charge in [-0.3, -0.25) is 9.59 Å². The molecule has 0 atom stereocenters. The summed E-state index contributed by atoms with van der Waals surface area (Å²) in [5.74, 6) is -0.961. The highest BCUT2D eigenvalue weighted by Gasteiger charge is 2.12. The molecular weight excluding hydrogens is 262 g/mol. The minimum absolute atomic E-state index is 0.0243. The number of hydrogen-bond acceptors (Lipinski definition) is 6. The largest absolute Gasteiger partial charge is 0.481 e. The Balaban J connectivity index is 2.55. The van der Waals surface area contributed by atoms with Crippen molar-refractivity contribution in [2.45, 2.75) is 24.6 Å². The number of carbonyl (C=O) groups is 2. The summed E-state index contributed by atoms with van der Waals surface area (Å²) in [6, 6.07) is 0. The van der Waals surface area contributed by atoms with Crippen LogP contribution in [0, 0.1) is 6.92 Å². The molecule has 0 saturated carbocycles. The first-order valence-electron chi connectivity index (χ1n) is 4.99. The number of rotatable bonds is 6. The van der Waals surface area contributed by atoms with Gasteiger partial charge in [0.25, 0.3) is 0 Å². The molecule has 1 aromatic rings. The molecule has 0 aliphatic carbocycles. The molecule has 1 N–H and O–H groups in total. The monoisotopic (exact) mass is 275 g/mol. The number of hydrogen-bond donors (Lipinski definition) is 1. The van der Waals surface area contributed by atoms with Crippen LogP contribution in [0.15, 0.2) is 4.34 Å². The summed E-state index contributed by atoms with van der Waals surface area (Å²) in [5, 5.41) is 8.69. The lowest BCUT2D eigenvalue weighted by molar-refractivity contribution is -0.140. The van der Waals surface area contributed by atoms with Gasteiger partial charge in [0, 0.05) is 4.88 Å². The predicted octanol–water partition coefficient (Wildman–Crippen LogP) is 1.73. The summed E-state index contributed by atoms with van der Waals surface area (Å²) in [5.41, 5.74) is 0.712. The number of carboxylic acid groups (broad SMARTS) is 1. The van der Waals surface area contributed by atoms with E-state index >= 15 is 0 Å². The fourth-order valence-corrected chi connectivity index (χ4v) is 3.11. The van der Waals surface area contributed by atoms with Gasteiger partial charge in [-0.1, -0.05) is 11.8 Å². The number of aromatic nitrogens is 1. The van der Waals surface area contributed by atoms with Crippen LogP contribution >= 0.6 is 23.1 Å². The van der Waals surface area contributed by atoms with Gasteiger partial charge in [-0.05, 0) is 13.8 Å². The Hall–Kier alpha value is -1.08. The zero-order chi connectivity index (χ0) is 12.8. The van der Waals surface area contributed by atoms with Crippen LogP contribution in [0.2, 0.25) is 0 Å². The van der Waals surface area contributed by atoms with Crippen molar-refractivity contribution in [3.63, 3.8) is 0 Å². The van der Waals surface area contributed by atoms with E-state index in [0.717, 1.165) is 4.88 Å². The average molecular weight is 275 g/mol. The van der Waals surface area contributed by atoms with E-state index in [9.17, 15) is 9.59 Å². The highest BCUT2D eigenvalue weighted by atomic mass is 32.2. The molecule has 0 fully saturated rings. The van der Waals surface area contributed by atoms with Crippen LogP contribution in [0.1, 0.15) is 17.5 Å². The third-order valence-corrected chi connectivity index (χ3v) is 4.08. The van der Waals surface area contributed by atoms with E-state index < -0.39 is 5.97 Å². The lowest BCUT2D eigenvalue weighted by Gasteiger charge is -1.98. The summed E-state index contributed by atoms with van der Waals surface area (Å²) in [7, 11) is 0. The molecule has 1 aromatic heterocycles. The fraction of sp³-hybridized carbons (Fsp3) is 0.500. The lowest BCUT2D eigenvalue weighted by atomic mass is 10.3. The minimum atomic E-state index is -0.876. The Bertz CT molecular complexity index is 416. The minimum Gasteiger partial charge on any atom is -0.481 e. The van der Waals surface area contributed by atoms with Gasteiger partial charge < -0.3 is 9.84 Å². The quantitative estimate of drug-likeness (QED) is 0.629. The first-order valence-corrected chi connectivity index (χ1v) is 6.79. The van der Waals surface area contributed by atoms with Crippen LogP contribution < -0.4 is 0 Å². The summed E-state index contributed by atoms with van der Waals surface area (Å²) in [6.45, 7) is 3.88. The molecule has 17 heavy (non-hydrogen) atoms. The SMILES string of the molecule is CCOC(=O)CSc1nc(C)c(CC(=O)O)s1. The normalized spacial score (nSPS) is 10.2. The smallest absolute Gasteiger partial charge is 0.316 e. The number of thiazole rings is 1. The van der Waals surface area contributed by atoms with Crippen LogP contribution in [0.4, 0.5) is 0 Å². The van der Waals surface area contributed by atoms with E-state index in [1.54, 1.807) is 13.8 Å². The van der Waals surface area contributed by atoms with Gasteiger partial charge >= 0.3 is 11.9 Å². The number of nitrogens with zero attached hydrogens (tertiary/aromatic N) is 1. The molecule has 0 spiro atoms. The fourth-order valence-electron chi connectivity index (χ4n) is 1.09. The number of carboxylic acids is 1. The van der Waals surface area contributed by atoms with Crippen molar-refractivity contribution in [2.75, 3.05) is 12.4 Å². The zero-order valence-electron chi connectivity index (χ0n) is 9.56. The highest BCUT2D eigenvalue weighted by Crippen LogP contribution is 2.27. The van der Waals surface area contributed by atoms with E-state index in [1.807, 2.05) is 0 Å². The Morgan fingerprint density at radius 1 is 1.53 bits per heavy atom. The van der Waals surface area contributed by atoms with Gasteiger partial charge in [0.1, 0.15) is 0 Å². The highest BCUT2D eigenvalue weighted by molar-refractivity contribution is 8.01. The van der Waals surface area contributed by atoms with Crippen LogP contribution in [-0.2, 0) is 20.7 Å². The first kappa shape index (κ1) is 14.0. The molecule has 7 heteroatoms. The summed E-state index contributed by atoms with van der Waals surface area (Å²) < 4.78 is 5.49. The molecule has 1 heterocycles. The second-order valence-corrected chi connectivity index (χ2v) is 5.46. The molecule has 0 unspecified atom stereocenters. The number of esters is 1. The Morgan fingerprint density at radius 2 is 2.24 bits per heavy atom. The van der Waals surface area contributed by atoms with Crippen molar-refractivity contribution >= 4 is 35.0 Å². The number of carbonyl (C=O) groups excluding carboxylic acids is 1. The van der Waals surface area contributed by atoms with Crippen molar-refractivity contribution < 1.29 is 19.4 Å². The van der Waals surface area contributed by atoms with Crippen LogP contribution in [0.3, 0.4) is 0 Å². The Kier molecular flexibility index (Phi) is 5.43. The van der Waals surface area contributed by atoms with E-state index in [0.29, 0.717) is 16.6 Å².